The number of carbonyl (C=O) groups excluding carboxylic acids is 1. The number of amides is 1. The van der Waals surface area contributed by atoms with E-state index in [-0.39, 0.29) is 5.91 Å². The fraction of sp³-hybridized carbons (Fsp3) is 0. The summed E-state index contributed by atoms with van der Waals surface area (Å²) in [4.78, 5) is 20.7. The van der Waals surface area contributed by atoms with Crippen LogP contribution in [0.1, 0.15) is 10.4 Å². The summed E-state index contributed by atoms with van der Waals surface area (Å²) in [5, 5.41) is 14.8. The van der Waals surface area contributed by atoms with E-state index in [4.69, 9.17) is 4.98 Å². The maximum absolute atomic E-state index is 12.8. The molecule has 0 aliphatic heterocycles. The molecular weight excluding hydrogens is 366 g/mol. The fourth-order valence-corrected chi connectivity index (χ4v) is 3.15. The molecule has 3 heterocycles. The Hall–Kier alpha value is -4.33. The van der Waals surface area contributed by atoms with Gasteiger partial charge in [0, 0.05) is 6.20 Å². The highest BCUT2D eigenvalue weighted by Gasteiger charge is 2.17. The zero-order chi connectivity index (χ0) is 19.6. The van der Waals surface area contributed by atoms with Crippen molar-refractivity contribution in [1.29, 1.82) is 0 Å². The van der Waals surface area contributed by atoms with Gasteiger partial charge in [0.2, 0.25) is 0 Å². The first-order valence-corrected chi connectivity index (χ1v) is 8.97. The lowest BCUT2D eigenvalue weighted by atomic mass is 10.1. The normalized spacial score (nSPS) is 10.9. The molecule has 0 fully saturated rings. The van der Waals surface area contributed by atoms with Crippen LogP contribution < -0.4 is 5.32 Å². The second kappa shape index (κ2) is 7.01. The molecule has 0 atom stereocenters. The standard InChI is InChI=1S/C21H15N7O/c29-21(25-18-10-5-12-22-27-18)15-8-4-9-16-19(15)26-20(24-16)17-11-13-23-28(17)14-6-2-1-3-7-14/h1-13H,(H,24,26)(H,25,27,29). The Balaban J connectivity index is 1.55. The molecule has 8 heteroatoms. The molecule has 3 aromatic heterocycles. The average molecular weight is 381 g/mol. The maximum Gasteiger partial charge on any atom is 0.259 e. The van der Waals surface area contributed by atoms with Crippen molar-refractivity contribution in [3.8, 4) is 17.2 Å². The van der Waals surface area contributed by atoms with Gasteiger partial charge in [0.05, 0.1) is 23.0 Å². The summed E-state index contributed by atoms with van der Waals surface area (Å²) < 4.78 is 1.80. The molecular formula is C21H15N7O. The third-order valence-electron chi connectivity index (χ3n) is 4.46. The second-order valence-electron chi connectivity index (χ2n) is 6.31. The molecule has 0 bridgehead atoms. The second-order valence-corrected chi connectivity index (χ2v) is 6.31. The summed E-state index contributed by atoms with van der Waals surface area (Å²) in [6.45, 7) is 0. The minimum atomic E-state index is -0.300. The summed E-state index contributed by atoms with van der Waals surface area (Å²) >= 11 is 0. The summed E-state index contributed by atoms with van der Waals surface area (Å²) in [5.74, 6) is 0.708. The molecule has 0 aliphatic rings. The maximum atomic E-state index is 12.8. The quantitative estimate of drug-likeness (QED) is 0.496. The van der Waals surface area contributed by atoms with Gasteiger partial charge < -0.3 is 10.3 Å². The molecule has 0 saturated carbocycles. The average Bonchev–Trinajstić information content (AvgIpc) is 3.41. The Labute approximate surface area is 165 Å². The Kier molecular flexibility index (Phi) is 4.06. The molecule has 5 rings (SSSR count). The van der Waals surface area contributed by atoms with Crippen LogP contribution >= 0.6 is 0 Å². The smallest absolute Gasteiger partial charge is 0.259 e. The van der Waals surface area contributed by atoms with Crippen LogP contribution in [-0.4, -0.2) is 35.9 Å². The largest absolute Gasteiger partial charge is 0.337 e. The van der Waals surface area contributed by atoms with Crippen molar-refractivity contribution in [1.82, 2.24) is 29.9 Å². The van der Waals surface area contributed by atoms with Gasteiger partial charge in [-0.1, -0.05) is 24.3 Å². The van der Waals surface area contributed by atoms with Gasteiger partial charge in [0.15, 0.2) is 11.6 Å². The number of aromatic nitrogens is 6. The van der Waals surface area contributed by atoms with Crippen LogP contribution in [-0.2, 0) is 0 Å². The highest BCUT2D eigenvalue weighted by atomic mass is 16.1. The Morgan fingerprint density at radius 2 is 1.83 bits per heavy atom. The molecule has 0 radical (unpaired) electrons. The van der Waals surface area contributed by atoms with Gasteiger partial charge in [-0.15, -0.1) is 5.10 Å². The van der Waals surface area contributed by atoms with Crippen molar-refractivity contribution < 1.29 is 4.79 Å². The number of anilines is 1. The van der Waals surface area contributed by atoms with Gasteiger partial charge in [0.1, 0.15) is 11.2 Å². The number of aromatic amines is 1. The number of rotatable bonds is 4. The van der Waals surface area contributed by atoms with E-state index >= 15 is 0 Å². The van der Waals surface area contributed by atoms with Crippen LogP contribution in [0.4, 0.5) is 5.82 Å². The zero-order valence-electron chi connectivity index (χ0n) is 15.1. The number of hydrogen-bond acceptors (Lipinski definition) is 5. The Morgan fingerprint density at radius 1 is 0.931 bits per heavy atom. The SMILES string of the molecule is O=C(Nc1cccnn1)c1cccc2[nH]c(-c3ccnn3-c3ccccc3)nc12. The first kappa shape index (κ1) is 16.8. The van der Waals surface area contributed by atoms with Gasteiger partial charge in [0.25, 0.3) is 5.91 Å². The van der Waals surface area contributed by atoms with E-state index in [1.165, 1.54) is 0 Å². The van der Waals surface area contributed by atoms with Crippen molar-refractivity contribution >= 4 is 22.8 Å². The van der Waals surface area contributed by atoms with E-state index in [1.807, 2.05) is 48.5 Å². The summed E-state index contributed by atoms with van der Waals surface area (Å²) in [7, 11) is 0. The molecule has 140 valence electrons. The summed E-state index contributed by atoms with van der Waals surface area (Å²) in [5.41, 5.74) is 3.50. The van der Waals surface area contributed by atoms with E-state index in [9.17, 15) is 4.79 Å². The van der Waals surface area contributed by atoms with Crippen molar-refractivity contribution in [3.05, 3.63) is 84.7 Å². The highest BCUT2D eigenvalue weighted by Crippen LogP contribution is 2.25. The number of carbonyl (C=O) groups is 1. The first-order chi connectivity index (χ1) is 14.3. The van der Waals surface area contributed by atoms with Gasteiger partial charge in [-0.25, -0.2) is 9.67 Å². The van der Waals surface area contributed by atoms with Crippen molar-refractivity contribution in [2.24, 2.45) is 0 Å². The number of benzene rings is 2. The Morgan fingerprint density at radius 3 is 2.66 bits per heavy atom. The van der Waals surface area contributed by atoms with Crippen LogP contribution in [0.5, 0.6) is 0 Å². The van der Waals surface area contributed by atoms with Crippen LogP contribution in [0.25, 0.3) is 28.2 Å². The lowest BCUT2D eigenvalue weighted by Gasteiger charge is -2.05. The number of hydrogen-bond donors (Lipinski definition) is 2. The predicted molar refractivity (Wildman–Crippen MR) is 109 cm³/mol. The van der Waals surface area contributed by atoms with Gasteiger partial charge in [-0.3, -0.25) is 4.79 Å². The minimum absolute atomic E-state index is 0.300. The Bertz CT molecular complexity index is 1290. The number of H-pyrrole nitrogens is 1. The molecule has 29 heavy (non-hydrogen) atoms. The predicted octanol–water partition coefficient (Wildman–Crippen LogP) is 3.46. The fourth-order valence-electron chi connectivity index (χ4n) is 3.15. The van der Waals surface area contributed by atoms with E-state index < -0.39 is 0 Å². The molecule has 0 unspecified atom stereocenters. The lowest BCUT2D eigenvalue weighted by molar-refractivity contribution is 0.102. The van der Waals surface area contributed by atoms with Crippen LogP contribution in [0.3, 0.4) is 0 Å². The molecule has 5 aromatic rings. The van der Waals surface area contributed by atoms with Crippen LogP contribution in [0.2, 0.25) is 0 Å². The molecule has 0 aliphatic carbocycles. The minimum Gasteiger partial charge on any atom is -0.337 e. The van der Waals surface area contributed by atoms with Gasteiger partial charge >= 0.3 is 0 Å². The van der Waals surface area contributed by atoms with Crippen molar-refractivity contribution in [2.45, 2.75) is 0 Å². The van der Waals surface area contributed by atoms with Crippen molar-refractivity contribution in [2.75, 3.05) is 5.32 Å². The van der Waals surface area contributed by atoms with Gasteiger partial charge in [-0.05, 0) is 42.5 Å². The van der Waals surface area contributed by atoms with Crippen molar-refractivity contribution in [3.63, 3.8) is 0 Å². The number of imidazole rings is 1. The molecule has 0 saturated heterocycles. The number of nitrogens with zero attached hydrogens (tertiary/aromatic N) is 5. The third kappa shape index (κ3) is 3.12. The zero-order valence-corrected chi connectivity index (χ0v) is 15.1. The van der Waals surface area contributed by atoms with Crippen LogP contribution in [0.15, 0.2) is 79.1 Å². The monoisotopic (exact) mass is 381 g/mol. The topological polar surface area (TPSA) is 101 Å². The molecule has 1 amide bonds. The summed E-state index contributed by atoms with van der Waals surface area (Å²) in [6, 6.07) is 20.5. The third-order valence-corrected chi connectivity index (χ3v) is 4.46. The molecule has 0 spiro atoms. The highest BCUT2D eigenvalue weighted by molar-refractivity contribution is 6.11. The number of nitrogens with one attached hydrogen (secondary N) is 2. The molecule has 2 aromatic carbocycles. The number of fused-ring (bicyclic) bond motifs is 1. The molecule has 8 nitrogen and oxygen atoms in total. The number of para-hydroxylation sites is 2. The lowest BCUT2D eigenvalue weighted by Crippen LogP contribution is -2.13. The van der Waals surface area contributed by atoms with E-state index in [1.54, 1.807) is 35.3 Å². The first-order valence-electron chi connectivity index (χ1n) is 8.97. The van der Waals surface area contributed by atoms with E-state index in [0.717, 1.165) is 16.9 Å². The van der Waals surface area contributed by atoms with E-state index in [2.05, 4.69) is 25.6 Å². The van der Waals surface area contributed by atoms with E-state index in [0.29, 0.717) is 22.7 Å². The van der Waals surface area contributed by atoms with Crippen LogP contribution in [0, 0.1) is 0 Å². The van der Waals surface area contributed by atoms with Gasteiger partial charge in [-0.2, -0.15) is 10.2 Å². The molecule has 2 N–H and O–H groups in total. The summed E-state index contributed by atoms with van der Waals surface area (Å²) in [6.07, 6.45) is 3.27.